The molecule has 0 bridgehead atoms. The third-order valence-electron chi connectivity index (χ3n) is 3.26. The van der Waals surface area contributed by atoms with Crippen LogP contribution in [0.4, 0.5) is 5.88 Å². The molecule has 1 aliphatic heterocycles. The number of benzene rings is 1. The molecule has 2 aromatic rings. The van der Waals surface area contributed by atoms with Gasteiger partial charge in [-0.1, -0.05) is 15.9 Å². The Bertz CT molecular complexity index is 719. The molecule has 20 heavy (non-hydrogen) atoms. The van der Waals surface area contributed by atoms with Crippen molar-refractivity contribution >= 4 is 39.1 Å². The van der Waals surface area contributed by atoms with Crippen molar-refractivity contribution < 1.29 is 13.9 Å². The molecule has 0 unspecified atom stereocenters. The molecule has 0 atom stereocenters. The van der Waals surface area contributed by atoms with Crippen molar-refractivity contribution in [2.75, 3.05) is 31.2 Å². The molecule has 0 amide bonds. The molecule has 0 aliphatic carbocycles. The number of morpholine rings is 1. The molecule has 0 radical (unpaired) electrons. The molecule has 3 rings (SSSR count). The summed E-state index contributed by atoms with van der Waals surface area (Å²) in [6, 6.07) is 4.77. The van der Waals surface area contributed by atoms with E-state index in [4.69, 9.17) is 9.15 Å². The minimum absolute atomic E-state index is 0.155. The average Bonchev–Trinajstić information content (AvgIpc) is 2.48. The van der Waals surface area contributed by atoms with Gasteiger partial charge in [0.25, 0.3) is 0 Å². The molecule has 5 nitrogen and oxygen atoms in total. The van der Waals surface area contributed by atoms with Crippen LogP contribution < -0.4 is 10.3 Å². The highest BCUT2D eigenvalue weighted by Crippen LogP contribution is 2.25. The maximum atomic E-state index is 12.2. The monoisotopic (exact) mass is 337 g/mol. The zero-order valence-electron chi connectivity index (χ0n) is 10.6. The maximum Gasteiger partial charge on any atom is 0.200 e. The van der Waals surface area contributed by atoms with Crippen LogP contribution in [0.15, 0.2) is 31.9 Å². The van der Waals surface area contributed by atoms with Crippen LogP contribution in [-0.2, 0) is 4.74 Å². The zero-order valence-corrected chi connectivity index (χ0v) is 12.2. The van der Waals surface area contributed by atoms with E-state index < -0.39 is 0 Å². The molecule has 104 valence electrons. The van der Waals surface area contributed by atoms with Gasteiger partial charge < -0.3 is 14.1 Å². The van der Waals surface area contributed by atoms with Crippen LogP contribution in [0.25, 0.3) is 11.0 Å². The number of aldehydes is 1. The molecule has 1 aliphatic rings. The number of anilines is 1. The van der Waals surface area contributed by atoms with E-state index in [2.05, 4.69) is 15.9 Å². The van der Waals surface area contributed by atoms with Gasteiger partial charge in [-0.25, -0.2) is 0 Å². The van der Waals surface area contributed by atoms with Crippen molar-refractivity contribution in [3.63, 3.8) is 0 Å². The van der Waals surface area contributed by atoms with Gasteiger partial charge in [0.1, 0.15) is 0 Å². The average molecular weight is 338 g/mol. The summed E-state index contributed by atoms with van der Waals surface area (Å²) in [5.41, 5.74) is 0.538. The number of hydrogen-bond donors (Lipinski definition) is 0. The van der Waals surface area contributed by atoms with Crippen LogP contribution in [0.5, 0.6) is 0 Å². The molecular formula is C14H12BrNO4. The SMILES string of the molecule is O=Cc1cc(Br)cc2c(=O)cc(N3CCOCC3)oc12. The number of nitrogens with zero attached hydrogens (tertiary/aromatic N) is 1. The molecule has 1 fully saturated rings. The number of fused-ring (bicyclic) bond motifs is 1. The van der Waals surface area contributed by atoms with E-state index >= 15 is 0 Å². The van der Waals surface area contributed by atoms with E-state index in [0.29, 0.717) is 59.5 Å². The van der Waals surface area contributed by atoms with E-state index in [1.165, 1.54) is 6.07 Å². The predicted octanol–water partition coefficient (Wildman–Crippen LogP) is 2.20. The number of halogens is 1. The Hall–Kier alpha value is -1.66. The molecule has 1 aromatic heterocycles. The standard InChI is InChI=1S/C14H12BrNO4/c15-10-5-9(8-17)14-11(6-10)12(18)7-13(20-14)16-1-3-19-4-2-16/h5-8H,1-4H2. The Balaban J connectivity index is 2.19. The second-order valence-corrected chi connectivity index (χ2v) is 5.45. The summed E-state index contributed by atoms with van der Waals surface area (Å²) >= 11 is 3.29. The van der Waals surface area contributed by atoms with Crippen LogP contribution >= 0.6 is 15.9 Å². The van der Waals surface area contributed by atoms with Crippen molar-refractivity contribution in [2.45, 2.75) is 0 Å². The van der Waals surface area contributed by atoms with Crippen molar-refractivity contribution in [1.82, 2.24) is 0 Å². The van der Waals surface area contributed by atoms with Gasteiger partial charge >= 0.3 is 0 Å². The molecule has 6 heteroatoms. The summed E-state index contributed by atoms with van der Waals surface area (Å²) in [4.78, 5) is 25.3. The van der Waals surface area contributed by atoms with Crippen LogP contribution in [0.3, 0.4) is 0 Å². The molecule has 0 N–H and O–H groups in total. The van der Waals surface area contributed by atoms with Crippen LogP contribution in [-0.4, -0.2) is 32.6 Å². The van der Waals surface area contributed by atoms with Crippen molar-refractivity contribution in [3.05, 3.63) is 38.5 Å². The maximum absolute atomic E-state index is 12.2. The number of hydrogen-bond acceptors (Lipinski definition) is 5. The van der Waals surface area contributed by atoms with Gasteiger partial charge in [0.2, 0.25) is 0 Å². The Kier molecular flexibility index (Phi) is 3.58. The van der Waals surface area contributed by atoms with Gasteiger partial charge in [-0.2, -0.15) is 0 Å². The normalized spacial score (nSPS) is 15.6. The highest BCUT2D eigenvalue weighted by Gasteiger charge is 2.17. The van der Waals surface area contributed by atoms with Crippen molar-refractivity contribution in [1.29, 1.82) is 0 Å². The van der Waals surface area contributed by atoms with Gasteiger partial charge in [0, 0.05) is 23.6 Å². The first kappa shape index (κ1) is 13.3. The summed E-state index contributed by atoms with van der Waals surface area (Å²) in [7, 11) is 0. The summed E-state index contributed by atoms with van der Waals surface area (Å²) in [6.45, 7) is 2.54. The zero-order chi connectivity index (χ0) is 14.1. The van der Waals surface area contributed by atoms with E-state index in [1.54, 1.807) is 12.1 Å². The van der Waals surface area contributed by atoms with Crippen LogP contribution in [0.2, 0.25) is 0 Å². The Morgan fingerprint density at radius 2 is 1.95 bits per heavy atom. The summed E-state index contributed by atoms with van der Waals surface area (Å²) < 4.78 is 11.7. The lowest BCUT2D eigenvalue weighted by Crippen LogP contribution is -2.36. The van der Waals surface area contributed by atoms with Gasteiger partial charge in [0.15, 0.2) is 23.2 Å². The van der Waals surface area contributed by atoms with E-state index in [9.17, 15) is 9.59 Å². The molecule has 1 aromatic carbocycles. The van der Waals surface area contributed by atoms with Crippen LogP contribution in [0, 0.1) is 0 Å². The van der Waals surface area contributed by atoms with Crippen LogP contribution in [0.1, 0.15) is 10.4 Å². The second-order valence-electron chi connectivity index (χ2n) is 4.54. The first-order chi connectivity index (χ1) is 9.69. The van der Waals surface area contributed by atoms with Gasteiger partial charge in [-0.3, -0.25) is 9.59 Å². The van der Waals surface area contributed by atoms with Gasteiger partial charge in [-0.15, -0.1) is 0 Å². The number of rotatable bonds is 2. The Morgan fingerprint density at radius 1 is 1.20 bits per heavy atom. The minimum Gasteiger partial charge on any atom is -0.440 e. The first-order valence-corrected chi connectivity index (χ1v) is 7.03. The fraction of sp³-hybridized carbons (Fsp3) is 0.286. The highest BCUT2D eigenvalue weighted by molar-refractivity contribution is 9.10. The van der Waals surface area contributed by atoms with Crippen molar-refractivity contribution in [2.24, 2.45) is 0 Å². The molecule has 0 spiro atoms. The lowest BCUT2D eigenvalue weighted by Gasteiger charge is -2.27. The lowest BCUT2D eigenvalue weighted by molar-refractivity contribution is 0.112. The minimum atomic E-state index is -0.155. The number of carbonyl (C=O) groups excluding carboxylic acids is 1. The fourth-order valence-electron chi connectivity index (χ4n) is 2.26. The number of carbonyl (C=O) groups is 1. The highest BCUT2D eigenvalue weighted by atomic mass is 79.9. The number of ether oxygens (including phenoxy) is 1. The lowest BCUT2D eigenvalue weighted by atomic mass is 10.1. The second kappa shape index (κ2) is 5.38. The smallest absolute Gasteiger partial charge is 0.200 e. The van der Waals surface area contributed by atoms with E-state index in [-0.39, 0.29) is 5.43 Å². The Morgan fingerprint density at radius 3 is 2.65 bits per heavy atom. The third-order valence-corrected chi connectivity index (χ3v) is 3.72. The quantitative estimate of drug-likeness (QED) is 0.786. The molecule has 2 heterocycles. The van der Waals surface area contributed by atoms with Gasteiger partial charge in [0.05, 0.1) is 24.2 Å². The predicted molar refractivity (Wildman–Crippen MR) is 78.6 cm³/mol. The van der Waals surface area contributed by atoms with Crippen molar-refractivity contribution in [3.8, 4) is 0 Å². The summed E-state index contributed by atoms with van der Waals surface area (Å²) in [6.07, 6.45) is 0.694. The van der Waals surface area contributed by atoms with E-state index in [0.717, 1.165) is 0 Å². The summed E-state index contributed by atoms with van der Waals surface area (Å²) in [5, 5.41) is 0.401. The molecular weight excluding hydrogens is 326 g/mol. The third kappa shape index (κ3) is 2.36. The van der Waals surface area contributed by atoms with Gasteiger partial charge in [-0.05, 0) is 12.1 Å². The molecule has 0 saturated carbocycles. The summed E-state index contributed by atoms with van der Waals surface area (Å²) in [5.74, 6) is 0.483. The first-order valence-electron chi connectivity index (χ1n) is 6.24. The topological polar surface area (TPSA) is 59.8 Å². The molecule has 1 saturated heterocycles. The Labute approximate surface area is 123 Å². The van der Waals surface area contributed by atoms with E-state index in [1.807, 2.05) is 4.90 Å². The fourth-order valence-corrected chi connectivity index (χ4v) is 2.74. The largest absolute Gasteiger partial charge is 0.440 e.